The number of hydrogen-bond acceptors (Lipinski definition) is 8. The van der Waals surface area contributed by atoms with E-state index in [9.17, 15) is 13.2 Å². The van der Waals surface area contributed by atoms with E-state index in [1.54, 1.807) is 12.4 Å². The first kappa shape index (κ1) is 22.1. The minimum absolute atomic E-state index is 0.0143. The quantitative estimate of drug-likeness (QED) is 0.556. The molecule has 29 heavy (non-hydrogen) atoms. The fraction of sp³-hybridized carbons (Fsp3) is 0.737. The second kappa shape index (κ2) is 10.4. The molecule has 0 aromatic carbocycles. The number of aromatic nitrogens is 2. The van der Waals surface area contributed by atoms with Crippen LogP contribution in [0.3, 0.4) is 0 Å². The van der Waals surface area contributed by atoms with E-state index in [-0.39, 0.29) is 30.7 Å². The Hall–Kier alpha value is -1.62. The lowest BCUT2D eigenvalue weighted by molar-refractivity contribution is -0.109. The molecule has 2 atom stereocenters. The average Bonchev–Trinajstić information content (AvgIpc) is 2.71. The minimum atomic E-state index is -3.24. The molecule has 2 fully saturated rings. The van der Waals surface area contributed by atoms with Crippen LogP contribution in [0.2, 0.25) is 0 Å². The summed E-state index contributed by atoms with van der Waals surface area (Å²) < 4.78 is 37.5. The molecule has 9 nitrogen and oxygen atoms in total. The SMILES string of the molecule is CS(=O)(=O)N[C@H]1CCCN[C@H]1COC1CCC(c2nccnc2OCC=O)CC1. The van der Waals surface area contributed by atoms with Crippen LogP contribution in [0.1, 0.15) is 50.1 Å². The van der Waals surface area contributed by atoms with Gasteiger partial charge in [-0.05, 0) is 45.1 Å². The van der Waals surface area contributed by atoms with Gasteiger partial charge in [-0.25, -0.2) is 18.1 Å². The van der Waals surface area contributed by atoms with Crippen molar-refractivity contribution in [1.29, 1.82) is 0 Å². The molecule has 1 aromatic rings. The Morgan fingerprint density at radius 2 is 1.97 bits per heavy atom. The maximum Gasteiger partial charge on any atom is 0.236 e. The van der Waals surface area contributed by atoms with Crippen molar-refractivity contribution in [1.82, 2.24) is 20.0 Å². The van der Waals surface area contributed by atoms with Crippen molar-refractivity contribution in [3.8, 4) is 5.88 Å². The van der Waals surface area contributed by atoms with Gasteiger partial charge >= 0.3 is 0 Å². The summed E-state index contributed by atoms with van der Waals surface area (Å²) in [4.78, 5) is 19.2. The van der Waals surface area contributed by atoms with E-state index >= 15 is 0 Å². The van der Waals surface area contributed by atoms with Crippen molar-refractivity contribution in [2.75, 3.05) is 26.0 Å². The third-order valence-electron chi connectivity index (χ3n) is 5.50. The molecule has 162 valence electrons. The molecule has 3 rings (SSSR count). The Kier molecular flexibility index (Phi) is 7.93. The third kappa shape index (κ3) is 6.70. The topological polar surface area (TPSA) is 120 Å². The summed E-state index contributed by atoms with van der Waals surface area (Å²) in [5, 5.41) is 3.38. The molecule has 0 bridgehead atoms. The van der Waals surface area contributed by atoms with Gasteiger partial charge in [-0.3, -0.25) is 9.78 Å². The van der Waals surface area contributed by atoms with Crippen LogP contribution in [0.5, 0.6) is 5.88 Å². The molecule has 0 amide bonds. The number of ether oxygens (including phenoxy) is 2. The molecule has 0 unspecified atom stereocenters. The van der Waals surface area contributed by atoms with Crippen molar-refractivity contribution in [2.24, 2.45) is 0 Å². The smallest absolute Gasteiger partial charge is 0.236 e. The van der Waals surface area contributed by atoms with E-state index in [4.69, 9.17) is 9.47 Å². The molecule has 2 heterocycles. The normalized spacial score (nSPS) is 28.0. The highest BCUT2D eigenvalue weighted by molar-refractivity contribution is 7.88. The number of piperidine rings is 1. The van der Waals surface area contributed by atoms with Gasteiger partial charge < -0.3 is 14.8 Å². The molecule has 0 radical (unpaired) electrons. The van der Waals surface area contributed by atoms with Crippen LogP contribution >= 0.6 is 0 Å². The highest BCUT2D eigenvalue weighted by atomic mass is 32.2. The first-order valence-electron chi connectivity index (χ1n) is 10.2. The number of aldehydes is 1. The van der Waals surface area contributed by atoms with Gasteiger partial charge in [-0.2, -0.15) is 0 Å². The van der Waals surface area contributed by atoms with Crippen molar-refractivity contribution in [3.63, 3.8) is 0 Å². The van der Waals surface area contributed by atoms with Gasteiger partial charge in [0.25, 0.3) is 0 Å². The fourth-order valence-corrected chi connectivity index (χ4v) is 4.96. The summed E-state index contributed by atoms with van der Waals surface area (Å²) >= 11 is 0. The fourth-order valence-electron chi connectivity index (χ4n) is 4.13. The van der Waals surface area contributed by atoms with Gasteiger partial charge in [-0.1, -0.05) is 0 Å². The number of sulfonamides is 1. The molecule has 1 aliphatic heterocycles. The number of nitrogens with one attached hydrogen (secondary N) is 2. The van der Waals surface area contributed by atoms with Gasteiger partial charge in [-0.15, -0.1) is 0 Å². The van der Waals surface area contributed by atoms with Crippen LogP contribution in [0.15, 0.2) is 12.4 Å². The Morgan fingerprint density at radius 3 is 2.69 bits per heavy atom. The zero-order valence-electron chi connectivity index (χ0n) is 16.7. The Labute approximate surface area is 172 Å². The van der Waals surface area contributed by atoms with E-state index in [2.05, 4.69) is 20.0 Å². The van der Waals surface area contributed by atoms with Gasteiger partial charge in [0.2, 0.25) is 15.9 Å². The van der Waals surface area contributed by atoms with Gasteiger partial charge in [0.15, 0.2) is 6.29 Å². The molecule has 1 aliphatic carbocycles. The Bertz CT molecular complexity index is 768. The summed E-state index contributed by atoms with van der Waals surface area (Å²) in [6.07, 6.45) is 10.6. The second-order valence-electron chi connectivity index (χ2n) is 7.73. The summed E-state index contributed by atoms with van der Waals surface area (Å²) in [7, 11) is -3.24. The van der Waals surface area contributed by atoms with Crippen LogP contribution in [0.4, 0.5) is 0 Å². The first-order valence-corrected chi connectivity index (χ1v) is 12.0. The number of rotatable bonds is 9. The highest BCUT2D eigenvalue weighted by Crippen LogP contribution is 2.36. The largest absolute Gasteiger partial charge is 0.469 e. The molecular weight excluding hydrogens is 396 g/mol. The molecule has 10 heteroatoms. The monoisotopic (exact) mass is 426 g/mol. The maximum atomic E-state index is 11.6. The predicted octanol–water partition coefficient (Wildman–Crippen LogP) is 0.767. The lowest BCUT2D eigenvalue weighted by Gasteiger charge is -2.35. The van der Waals surface area contributed by atoms with E-state index in [0.717, 1.165) is 50.8 Å². The summed E-state index contributed by atoms with van der Waals surface area (Å²) in [5.74, 6) is 0.669. The van der Waals surface area contributed by atoms with Crippen LogP contribution in [-0.4, -0.2) is 68.9 Å². The third-order valence-corrected chi connectivity index (χ3v) is 6.23. The number of hydrogen-bond donors (Lipinski definition) is 2. The Balaban J connectivity index is 1.49. The van der Waals surface area contributed by atoms with E-state index in [1.165, 1.54) is 6.26 Å². The molecular formula is C19H30N4O5S. The minimum Gasteiger partial charge on any atom is -0.469 e. The summed E-state index contributed by atoms with van der Waals surface area (Å²) in [6.45, 7) is 1.33. The summed E-state index contributed by atoms with van der Waals surface area (Å²) in [5.41, 5.74) is 0.805. The lowest BCUT2D eigenvalue weighted by atomic mass is 9.85. The average molecular weight is 427 g/mol. The van der Waals surface area contributed by atoms with Crippen molar-refractivity contribution in [3.05, 3.63) is 18.1 Å². The summed E-state index contributed by atoms with van der Waals surface area (Å²) in [6, 6.07) is -0.147. The first-order chi connectivity index (χ1) is 14.0. The zero-order chi connectivity index (χ0) is 20.7. The lowest BCUT2D eigenvalue weighted by Crippen LogP contribution is -2.55. The second-order valence-corrected chi connectivity index (χ2v) is 9.51. The zero-order valence-corrected chi connectivity index (χ0v) is 17.6. The van der Waals surface area contributed by atoms with Crippen molar-refractivity contribution < 1.29 is 22.7 Å². The van der Waals surface area contributed by atoms with Gasteiger partial charge in [0.05, 0.1) is 19.0 Å². The standard InChI is InChI=1S/C19H30N4O5S/c1-29(25,26)23-16-3-2-8-20-17(16)13-28-15-6-4-14(5-7-15)18-19(27-12-11-24)22-10-9-21-18/h9-11,14-17,20,23H,2-8,12-13H2,1H3/t14?,15?,16-,17-/m0/s1. The molecule has 1 saturated heterocycles. The van der Waals surface area contributed by atoms with E-state index in [1.807, 2.05) is 0 Å². The maximum absolute atomic E-state index is 11.6. The van der Waals surface area contributed by atoms with Crippen LogP contribution in [-0.2, 0) is 19.6 Å². The number of nitrogens with zero attached hydrogens (tertiary/aromatic N) is 2. The molecule has 2 N–H and O–H groups in total. The molecule has 2 aliphatic rings. The van der Waals surface area contributed by atoms with Gasteiger partial charge in [0.1, 0.15) is 12.3 Å². The van der Waals surface area contributed by atoms with Crippen molar-refractivity contribution in [2.45, 2.75) is 62.6 Å². The van der Waals surface area contributed by atoms with E-state index < -0.39 is 10.0 Å². The molecule has 0 spiro atoms. The highest BCUT2D eigenvalue weighted by Gasteiger charge is 2.30. The van der Waals surface area contributed by atoms with Crippen LogP contribution < -0.4 is 14.8 Å². The Morgan fingerprint density at radius 1 is 1.21 bits per heavy atom. The van der Waals surface area contributed by atoms with Gasteiger partial charge in [0, 0.05) is 30.4 Å². The van der Waals surface area contributed by atoms with Crippen LogP contribution in [0, 0.1) is 0 Å². The van der Waals surface area contributed by atoms with Crippen LogP contribution in [0.25, 0.3) is 0 Å². The number of carbonyl (C=O) groups is 1. The predicted molar refractivity (Wildman–Crippen MR) is 107 cm³/mol. The number of carbonyl (C=O) groups excluding carboxylic acids is 1. The van der Waals surface area contributed by atoms with E-state index in [0.29, 0.717) is 18.8 Å². The molecule has 1 saturated carbocycles. The van der Waals surface area contributed by atoms with Crippen molar-refractivity contribution >= 4 is 16.3 Å². The molecule has 1 aromatic heterocycles.